The third-order valence-corrected chi connectivity index (χ3v) is 2.93. The average Bonchev–Trinajstić information content (AvgIpc) is 2.20. The number of fused-ring (bicyclic) bond motifs is 1. The second-order valence-corrected chi connectivity index (χ2v) is 4.08. The number of aryl methyl sites for hydroxylation is 1. The maximum absolute atomic E-state index is 10.4. The molecular weight excluding hydrogens is 195 g/mol. The van der Waals surface area contributed by atoms with Crippen LogP contribution in [0.4, 0.5) is 5.82 Å². The van der Waals surface area contributed by atoms with Crippen molar-refractivity contribution in [2.24, 2.45) is 0 Å². The largest absolute Gasteiger partial charge is 0.341 e. The molecule has 0 aromatic carbocycles. The Morgan fingerprint density at radius 2 is 2.43 bits per heavy atom. The summed E-state index contributed by atoms with van der Waals surface area (Å²) < 4.78 is 2.08. The lowest BCUT2D eigenvalue weighted by Crippen LogP contribution is -2.20. The van der Waals surface area contributed by atoms with E-state index in [0.717, 1.165) is 30.8 Å². The van der Waals surface area contributed by atoms with Gasteiger partial charge in [-0.3, -0.25) is 0 Å². The normalized spacial score (nSPS) is 15.1. The second kappa shape index (κ2) is 4.05. The van der Waals surface area contributed by atoms with Crippen molar-refractivity contribution in [3.05, 3.63) is 23.4 Å². The Kier molecular flexibility index (Phi) is 2.78. The van der Waals surface area contributed by atoms with E-state index in [1.807, 2.05) is 6.07 Å². The van der Waals surface area contributed by atoms with Gasteiger partial charge in [-0.05, 0) is 33.9 Å². The number of hydrogen-bond acceptors (Lipinski definition) is 3. The molecule has 1 aliphatic rings. The minimum atomic E-state index is 0.409. The van der Waals surface area contributed by atoms with Crippen LogP contribution in [0.1, 0.15) is 17.7 Å². The van der Waals surface area contributed by atoms with Crippen LogP contribution >= 0.6 is 9.39 Å². The summed E-state index contributed by atoms with van der Waals surface area (Å²) in [6.07, 6.45) is 3.57. The van der Waals surface area contributed by atoms with E-state index >= 15 is 0 Å². The molecule has 0 spiro atoms. The molecule has 2 heterocycles. The quantitative estimate of drug-likeness (QED) is 0.543. The first-order valence-electron chi connectivity index (χ1n) is 4.76. The van der Waals surface area contributed by atoms with Gasteiger partial charge in [0.05, 0.1) is 0 Å². The van der Waals surface area contributed by atoms with Crippen LogP contribution in [0.2, 0.25) is 0 Å². The van der Waals surface area contributed by atoms with Gasteiger partial charge < -0.3 is 9.46 Å². The van der Waals surface area contributed by atoms with Gasteiger partial charge >= 0.3 is 0 Å². The molecule has 0 aliphatic carbocycles. The summed E-state index contributed by atoms with van der Waals surface area (Å²) in [5, 5.41) is 0. The van der Waals surface area contributed by atoms with Gasteiger partial charge in [0.15, 0.2) is 0 Å². The minimum Gasteiger partial charge on any atom is -0.341 e. The Morgan fingerprint density at radius 3 is 3.21 bits per heavy atom. The molecule has 0 radical (unpaired) electrons. The van der Waals surface area contributed by atoms with Gasteiger partial charge in [-0.25, -0.2) is 4.98 Å². The Hall–Kier alpha value is -0.950. The van der Waals surface area contributed by atoms with Crippen molar-refractivity contribution < 1.29 is 4.79 Å². The molecule has 14 heavy (non-hydrogen) atoms. The lowest BCUT2D eigenvalue weighted by Gasteiger charge is -2.25. The predicted molar refractivity (Wildman–Crippen MR) is 59.4 cm³/mol. The maximum atomic E-state index is 10.4. The molecule has 0 saturated heterocycles. The van der Waals surface area contributed by atoms with Crippen molar-refractivity contribution in [2.45, 2.75) is 19.3 Å². The third kappa shape index (κ3) is 1.78. The maximum Gasteiger partial charge on any atom is 0.134 e. The lowest BCUT2D eigenvalue weighted by molar-refractivity contribution is -0.107. The number of carbonyl (C=O) groups is 1. The first-order valence-corrected chi connectivity index (χ1v) is 5.27. The van der Waals surface area contributed by atoms with Crippen LogP contribution in [0.25, 0.3) is 0 Å². The second-order valence-electron chi connectivity index (χ2n) is 3.45. The van der Waals surface area contributed by atoms with E-state index in [1.54, 1.807) is 0 Å². The zero-order valence-corrected chi connectivity index (χ0v) is 9.10. The molecule has 74 valence electrons. The van der Waals surface area contributed by atoms with E-state index in [4.69, 9.17) is 0 Å². The number of hydrogen-bond donors (Lipinski definition) is 0. The van der Waals surface area contributed by atoms with Crippen molar-refractivity contribution in [1.29, 1.82) is 0 Å². The number of rotatable bonds is 2. The molecule has 0 saturated carbocycles. The fraction of sp³-hybridized carbons (Fsp3) is 0.400. The molecule has 1 atom stereocenters. The van der Waals surface area contributed by atoms with Crippen LogP contribution in [0, 0.1) is 0 Å². The molecular formula is C10H13N2OP. The zero-order valence-electron chi connectivity index (χ0n) is 7.94. The van der Waals surface area contributed by atoms with Gasteiger partial charge in [-0.15, -0.1) is 0 Å². The fourth-order valence-electron chi connectivity index (χ4n) is 1.71. The van der Waals surface area contributed by atoms with Crippen molar-refractivity contribution in [1.82, 2.24) is 4.98 Å². The summed E-state index contributed by atoms with van der Waals surface area (Å²) in [6, 6.07) is 4.02. The summed E-state index contributed by atoms with van der Waals surface area (Å²) in [7, 11) is 2.68. The van der Waals surface area contributed by atoms with Gasteiger partial charge in [0, 0.05) is 18.7 Å². The highest BCUT2D eigenvalue weighted by molar-refractivity contribution is 7.19. The number of anilines is 1. The molecule has 1 unspecified atom stereocenters. The predicted octanol–water partition coefficient (Wildman–Crippen LogP) is 1.37. The van der Waals surface area contributed by atoms with E-state index in [1.165, 1.54) is 12.0 Å². The van der Waals surface area contributed by atoms with Gasteiger partial charge in [-0.1, -0.05) is 6.07 Å². The number of carbonyl (C=O) groups excluding carboxylic acids is 1. The van der Waals surface area contributed by atoms with E-state index in [9.17, 15) is 4.79 Å². The number of nitrogens with zero attached hydrogens (tertiary/aromatic N) is 2. The van der Waals surface area contributed by atoms with Crippen LogP contribution < -0.4 is 4.67 Å². The summed E-state index contributed by atoms with van der Waals surface area (Å²) in [4.78, 5) is 14.8. The van der Waals surface area contributed by atoms with Gasteiger partial charge in [0.25, 0.3) is 0 Å². The molecule has 1 aliphatic heterocycles. The Bertz CT molecular complexity index is 354. The van der Waals surface area contributed by atoms with Crippen LogP contribution in [0.15, 0.2) is 12.1 Å². The summed E-state index contributed by atoms with van der Waals surface area (Å²) >= 11 is 0. The highest BCUT2D eigenvalue weighted by atomic mass is 31.0. The smallest absolute Gasteiger partial charge is 0.134 e. The SMILES string of the molecule is O=CCc1ccc2c(n1)N(P)CCC2. The molecule has 1 aromatic rings. The van der Waals surface area contributed by atoms with E-state index in [-0.39, 0.29) is 0 Å². The van der Waals surface area contributed by atoms with Crippen LogP contribution in [-0.2, 0) is 17.6 Å². The summed E-state index contributed by atoms with van der Waals surface area (Å²) in [5.74, 6) is 1.01. The zero-order chi connectivity index (χ0) is 9.97. The Labute approximate surface area is 85.8 Å². The average molecular weight is 208 g/mol. The number of aromatic nitrogens is 1. The molecule has 1 aromatic heterocycles. The van der Waals surface area contributed by atoms with Crippen LogP contribution in [-0.4, -0.2) is 17.8 Å². The van der Waals surface area contributed by atoms with Gasteiger partial charge in [0.1, 0.15) is 12.1 Å². The summed E-state index contributed by atoms with van der Waals surface area (Å²) in [5.41, 5.74) is 2.13. The topological polar surface area (TPSA) is 33.2 Å². The molecule has 0 amide bonds. The van der Waals surface area contributed by atoms with Gasteiger partial charge in [-0.2, -0.15) is 0 Å². The van der Waals surface area contributed by atoms with Gasteiger partial charge in [0.2, 0.25) is 0 Å². The Morgan fingerprint density at radius 1 is 1.57 bits per heavy atom. The molecule has 2 rings (SSSR count). The highest BCUT2D eigenvalue weighted by Crippen LogP contribution is 2.27. The number of pyridine rings is 1. The molecule has 4 heteroatoms. The first-order chi connectivity index (χ1) is 6.81. The minimum absolute atomic E-state index is 0.409. The van der Waals surface area contributed by atoms with E-state index < -0.39 is 0 Å². The first kappa shape index (κ1) is 9.60. The summed E-state index contributed by atoms with van der Waals surface area (Å²) in [6.45, 7) is 1.02. The van der Waals surface area contributed by atoms with E-state index in [0.29, 0.717) is 6.42 Å². The van der Waals surface area contributed by atoms with Crippen LogP contribution in [0.3, 0.4) is 0 Å². The standard InChI is InChI=1S/C10H13N2OP/c13-7-5-9-4-3-8-2-1-6-12(14)10(8)11-9/h3-4,7H,1-2,5-6,14H2. The molecule has 3 nitrogen and oxygen atoms in total. The molecule has 0 fully saturated rings. The third-order valence-electron chi connectivity index (χ3n) is 2.42. The van der Waals surface area contributed by atoms with Crippen molar-refractivity contribution in [2.75, 3.05) is 11.2 Å². The monoisotopic (exact) mass is 208 g/mol. The highest BCUT2D eigenvalue weighted by Gasteiger charge is 2.15. The van der Waals surface area contributed by atoms with Crippen molar-refractivity contribution >= 4 is 21.5 Å². The van der Waals surface area contributed by atoms with Crippen molar-refractivity contribution in [3.63, 3.8) is 0 Å². The van der Waals surface area contributed by atoms with Crippen molar-refractivity contribution in [3.8, 4) is 0 Å². The number of aldehydes is 1. The lowest BCUT2D eigenvalue weighted by atomic mass is 10.1. The Balaban J connectivity index is 2.35. The molecule has 0 N–H and O–H groups in total. The van der Waals surface area contributed by atoms with Crippen LogP contribution in [0.5, 0.6) is 0 Å². The van der Waals surface area contributed by atoms with E-state index in [2.05, 4.69) is 25.1 Å². The fourth-order valence-corrected chi connectivity index (χ4v) is 2.11. The molecule has 0 bridgehead atoms.